The van der Waals surface area contributed by atoms with Crippen LogP contribution in [0.2, 0.25) is 5.02 Å². The molecule has 7 nitrogen and oxygen atoms in total. The van der Waals surface area contributed by atoms with E-state index in [4.69, 9.17) is 35.5 Å². The fourth-order valence-corrected chi connectivity index (χ4v) is 3.48. The number of rotatable bonds is 8. The molecule has 2 aromatic carbocycles. The van der Waals surface area contributed by atoms with Crippen molar-refractivity contribution in [2.45, 2.75) is 13.8 Å². The molecule has 0 saturated carbocycles. The summed E-state index contributed by atoms with van der Waals surface area (Å²) in [5.41, 5.74) is 4.25. The maximum Gasteiger partial charge on any atom is 0.511 e. The molecule has 0 saturated heterocycles. The number of halogens is 1. The van der Waals surface area contributed by atoms with Gasteiger partial charge in [-0.05, 0) is 38.1 Å². The molecule has 0 atom stereocenters. The zero-order chi connectivity index (χ0) is 22.4. The summed E-state index contributed by atoms with van der Waals surface area (Å²) in [4.78, 5) is 16.5. The Balaban J connectivity index is 2.02. The van der Waals surface area contributed by atoms with Gasteiger partial charge in [-0.15, -0.1) is 0 Å². The van der Waals surface area contributed by atoms with Gasteiger partial charge in [-0.1, -0.05) is 35.9 Å². The van der Waals surface area contributed by atoms with Crippen molar-refractivity contribution in [3.63, 3.8) is 0 Å². The molecule has 164 valence electrons. The van der Waals surface area contributed by atoms with E-state index in [0.29, 0.717) is 34.0 Å². The van der Waals surface area contributed by atoms with Gasteiger partial charge in [-0.2, -0.15) is 0 Å². The number of pyridine rings is 1. The number of nitrogens with one attached hydrogen (secondary N) is 1. The summed E-state index contributed by atoms with van der Waals surface area (Å²) in [5.74, 6) is 1.03. The van der Waals surface area contributed by atoms with Gasteiger partial charge >= 0.3 is 6.16 Å². The summed E-state index contributed by atoms with van der Waals surface area (Å²) in [6.45, 7) is 4.33. The van der Waals surface area contributed by atoms with E-state index in [0.717, 1.165) is 22.4 Å². The molecule has 0 radical (unpaired) electrons. The first-order chi connectivity index (χ1) is 15.0. The molecule has 3 rings (SSSR count). The summed E-state index contributed by atoms with van der Waals surface area (Å²) < 4.78 is 21.3. The van der Waals surface area contributed by atoms with Gasteiger partial charge in [-0.3, -0.25) is 4.98 Å². The van der Waals surface area contributed by atoms with Crippen LogP contribution in [-0.2, 0) is 9.47 Å². The molecular weight excluding hydrogens is 420 g/mol. The summed E-state index contributed by atoms with van der Waals surface area (Å²) in [6.07, 6.45) is -0.803. The third-order valence-corrected chi connectivity index (χ3v) is 5.05. The molecule has 3 aromatic rings. The number of likely N-dealkylation sites (N-methyl/N-ethyl adjacent to an activating group) is 1. The molecule has 0 spiro atoms. The lowest BCUT2D eigenvalue weighted by molar-refractivity contribution is 0.00601. The van der Waals surface area contributed by atoms with Gasteiger partial charge in [0.15, 0.2) is 0 Å². The molecule has 1 heterocycles. The lowest BCUT2D eigenvalue weighted by Gasteiger charge is -2.18. The Hall–Kier alpha value is -3.03. The van der Waals surface area contributed by atoms with E-state index in [1.165, 1.54) is 0 Å². The number of aromatic nitrogens is 1. The largest absolute Gasteiger partial charge is 0.511 e. The Kier molecular flexibility index (Phi) is 7.55. The Morgan fingerprint density at radius 1 is 1.16 bits per heavy atom. The number of fused-ring (bicyclic) bond motifs is 1. The van der Waals surface area contributed by atoms with Crippen molar-refractivity contribution in [2.75, 3.05) is 34.1 Å². The minimum absolute atomic E-state index is 0.205. The first-order valence-corrected chi connectivity index (χ1v) is 10.1. The molecule has 0 amide bonds. The molecule has 0 fully saturated rings. The number of hydrogen-bond donors (Lipinski definition) is 1. The van der Waals surface area contributed by atoms with Crippen LogP contribution in [0.1, 0.15) is 11.3 Å². The van der Waals surface area contributed by atoms with Crippen molar-refractivity contribution in [1.29, 1.82) is 0 Å². The van der Waals surface area contributed by atoms with E-state index < -0.39 is 6.16 Å². The number of methoxy groups -OCH3 is 1. The second-order valence-electron chi connectivity index (χ2n) is 6.83. The van der Waals surface area contributed by atoms with Gasteiger partial charge in [0, 0.05) is 29.3 Å². The zero-order valence-electron chi connectivity index (χ0n) is 18.0. The Morgan fingerprint density at radius 3 is 2.65 bits per heavy atom. The van der Waals surface area contributed by atoms with Gasteiger partial charge in [-0.25, -0.2) is 4.79 Å². The van der Waals surface area contributed by atoms with Crippen LogP contribution in [0.3, 0.4) is 0 Å². The quantitative estimate of drug-likeness (QED) is 0.301. The molecule has 1 N–H and O–H groups in total. The second kappa shape index (κ2) is 10.3. The van der Waals surface area contributed by atoms with E-state index in [-0.39, 0.29) is 13.4 Å². The molecule has 1 aromatic heterocycles. The predicted molar refractivity (Wildman–Crippen MR) is 120 cm³/mol. The van der Waals surface area contributed by atoms with Crippen molar-refractivity contribution in [3.8, 4) is 22.6 Å². The monoisotopic (exact) mass is 444 g/mol. The van der Waals surface area contributed by atoms with E-state index in [1.54, 1.807) is 26.3 Å². The van der Waals surface area contributed by atoms with Crippen LogP contribution in [0.15, 0.2) is 36.4 Å². The van der Waals surface area contributed by atoms with Crippen LogP contribution in [0.5, 0.6) is 11.5 Å². The summed E-state index contributed by atoms with van der Waals surface area (Å²) >= 11 is 6.38. The number of hydrogen-bond acceptors (Lipinski definition) is 7. The number of ether oxygens (including phenoxy) is 4. The maximum atomic E-state index is 11.8. The van der Waals surface area contributed by atoms with Gasteiger partial charge in [0.25, 0.3) is 0 Å². The lowest BCUT2D eigenvalue weighted by Crippen LogP contribution is -2.19. The number of benzene rings is 2. The number of carbonyl (C=O) groups excluding carboxylic acids is 1. The molecule has 0 aliphatic heterocycles. The summed E-state index contributed by atoms with van der Waals surface area (Å²) in [6, 6.07) is 11.4. The highest BCUT2D eigenvalue weighted by Crippen LogP contribution is 2.42. The molecule has 0 aliphatic rings. The SMILES string of the molecule is CNCCOC(=O)OCOc1c(-c2ccccc2C)c(C)nc2cc(OC)c(Cl)cc12. The number of carbonyl (C=O) groups is 1. The Bertz CT molecular complexity index is 1090. The third kappa shape index (κ3) is 5.18. The van der Waals surface area contributed by atoms with Crippen molar-refractivity contribution >= 4 is 28.7 Å². The van der Waals surface area contributed by atoms with Gasteiger partial charge in [0.2, 0.25) is 6.79 Å². The van der Waals surface area contributed by atoms with Crippen molar-refractivity contribution in [1.82, 2.24) is 10.3 Å². The average Bonchev–Trinajstić information content (AvgIpc) is 2.75. The first-order valence-electron chi connectivity index (χ1n) is 9.77. The maximum absolute atomic E-state index is 11.8. The van der Waals surface area contributed by atoms with Crippen LogP contribution in [0, 0.1) is 13.8 Å². The average molecular weight is 445 g/mol. The van der Waals surface area contributed by atoms with E-state index in [2.05, 4.69) is 5.32 Å². The van der Waals surface area contributed by atoms with Crippen molar-refractivity contribution in [2.24, 2.45) is 0 Å². The molecule has 0 aliphatic carbocycles. The molecule has 0 bridgehead atoms. The highest BCUT2D eigenvalue weighted by atomic mass is 35.5. The van der Waals surface area contributed by atoms with Gasteiger partial charge in [0.05, 0.1) is 17.6 Å². The van der Waals surface area contributed by atoms with Crippen LogP contribution >= 0.6 is 11.6 Å². The highest BCUT2D eigenvalue weighted by Gasteiger charge is 2.20. The van der Waals surface area contributed by atoms with E-state index in [1.807, 2.05) is 38.1 Å². The van der Waals surface area contributed by atoms with Crippen LogP contribution in [0.4, 0.5) is 4.79 Å². The van der Waals surface area contributed by atoms with Gasteiger partial charge in [0.1, 0.15) is 18.1 Å². The zero-order valence-corrected chi connectivity index (χ0v) is 18.7. The van der Waals surface area contributed by atoms with Crippen molar-refractivity contribution in [3.05, 3.63) is 52.7 Å². The van der Waals surface area contributed by atoms with Crippen LogP contribution in [0.25, 0.3) is 22.0 Å². The molecule has 0 unspecified atom stereocenters. The smallest absolute Gasteiger partial charge is 0.495 e. The third-order valence-electron chi connectivity index (χ3n) is 4.76. The number of nitrogens with zero attached hydrogens (tertiary/aromatic N) is 1. The standard InChI is InChI=1S/C23H25ClN2O5/c1-14-7-5-6-8-16(14)21-15(2)26-19-12-20(28-4)18(24)11-17(19)22(21)30-13-31-23(27)29-10-9-25-3/h5-8,11-12,25H,9-10,13H2,1-4H3. The van der Waals surface area contributed by atoms with E-state index in [9.17, 15) is 4.79 Å². The molecular formula is C23H25ClN2O5. The summed E-state index contributed by atoms with van der Waals surface area (Å²) in [7, 11) is 3.31. The lowest BCUT2D eigenvalue weighted by atomic mass is 9.96. The Morgan fingerprint density at radius 2 is 1.94 bits per heavy atom. The molecule has 8 heteroatoms. The highest BCUT2D eigenvalue weighted by molar-refractivity contribution is 6.33. The van der Waals surface area contributed by atoms with E-state index >= 15 is 0 Å². The minimum atomic E-state index is -0.803. The topological polar surface area (TPSA) is 78.9 Å². The Labute approximate surface area is 186 Å². The molecule has 31 heavy (non-hydrogen) atoms. The fourth-order valence-electron chi connectivity index (χ4n) is 3.24. The van der Waals surface area contributed by atoms with Gasteiger partial charge < -0.3 is 24.3 Å². The van der Waals surface area contributed by atoms with Crippen molar-refractivity contribution < 1.29 is 23.7 Å². The van der Waals surface area contributed by atoms with Crippen LogP contribution in [-0.4, -0.2) is 45.2 Å². The second-order valence-corrected chi connectivity index (χ2v) is 7.24. The minimum Gasteiger partial charge on any atom is -0.495 e. The normalized spacial score (nSPS) is 10.7. The fraction of sp³-hybridized carbons (Fsp3) is 0.304. The summed E-state index contributed by atoms with van der Waals surface area (Å²) in [5, 5.41) is 3.99. The predicted octanol–water partition coefficient (Wildman–Crippen LogP) is 4.89. The first kappa shape index (κ1) is 22.7. The van der Waals surface area contributed by atoms with Crippen LogP contribution < -0.4 is 14.8 Å². The number of aryl methyl sites for hydroxylation is 2.